The maximum absolute atomic E-state index is 11.2. The minimum Gasteiger partial charge on any atom is -0.487 e. The van der Waals surface area contributed by atoms with E-state index in [2.05, 4.69) is 5.32 Å². The van der Waals surface area contributed by atoms with Gasteiger partial charge in [-0.2, -0.15) is 0 Å². The molecule has 4 atom stereocenters. The van der Waals surface area contributed by atoms with Crippen molar-refractivity contribution in [3.8, 4) is 5.75 Å². The van der Waals surface area contributed by atoms with Crippen LogP contribution in [0.1, 0.15) is 44.7 Å². The Labute approximate surface area is 129 Å². The second-order valence-electron chi connectivity index (χ2n) is 6.02. The van der Waals surface area contributed by atoms with Crippen LogP contribution in [0.25, 0.3) is 0 Å². The molecule has 1 aromatic rings. The smallest absolute Gasteiger partial charge is 0.311 e. The summed E-state index contributed by atoms with van der Waals surface area (Å²) in [7, 11) is 0. The van der Waals surface area contributed by atoms with Gasteiger partial charge in [-0.25, -0.2) is 0 Å². The maximum atomic E-state index is 11.2. The van der Waals surface area contributed by atoms with Crippen molar-refractivity contribution in [3.05, 3.63) is 33.9 Å². The Morgan fingerprint density at radius 2 is 2.32 bits per heavy atom. The number of rotatable bonds is 6. The van der Waals surface area contributed by atoms with Gasteiger partial charge in [0.2, 0.25) is 0 Å². The SMILES string of the molecule is CCOc1ccc([C@H](C)N[C@@H]2C[C@H]3CC[C@H]2O3)cc1[N+](=O)[O-]. The molecule has 0 spiro atoms. The van der Waals surface area contributed by atoms with Crippen LogP contribution in [-0.4, -0.2) is 29.8 Å². The number of hydrogen-bond donors (Lipinski definition) is 1. The van der Waals surface area contributed by atoms with Crippen molar-refractivity contribution < 1.29 is 14.4 Å². The van der Waals surface area contributed by atoms with Crippen LogP contribution in [0.15, 0.2) is 18.2 Å². The third kappa shape index (κ3) is 2.94. The molecule has 0 unspecified atom stereocenters. The topological polar surface area (TPSA) is 73.6 Å². The third-order valence-corrected chi connectivity index (χ3v) is 4.55. The van der Waals surface area contributed by atoms with Gasteiger partial charge < -0.3 is 14.8 Å². The van der Waals surface area contributed by atoms with Gasteiger partial charge in [0.25, 0.3) is 0 Å². The Hall–Kier alpha value is -1.66. The summed E-state index contributed by atoms with van der Waals surface area (Å²) in [5.74, 6) is 0.326. The van der Waals surface area contributed by atoms with Crippen LogP contribution in [0.3, 0.4) is 0 Å². The molecule has 2 bridgehead atoms. The van der Waals surface area contributed by atoms with Crippen molar-refractivity contribution in [2.24, 2.45) is 0 Å². The van der Waals surface area contributed by atoms with E-state index in [0.717, 1.165) is 24.8 Å². The first kappa shape index (κ1) is 15.2. The van der Waals surface area contributed by atoms with E-state index in [4.69, 9.17) is 9.47 Å². The fourth-order valence-corrected chi connectivity index (χ4v) is 3.45. The van der Waals surface area contributed by atoms with Crippen molar-refractivity contribution in [1.82, 2.24) is 5.32 Å². The molecule has 2 aliphatic heterocycles. The molecule has 1 N–H and O–H groups in total. The Morgan fingerprint density at radius 1 is 1.50 bits per heavy atom. The van der Waals surface area contributed by atoms with Crippen LogP contribution in [0, 0.1) is 10.1 Å². The summed E-state index contributed by atoms with van der Waals surface area (Å²) in [6, 6.07) is 5.58. The van der Waals surface area contributed by atoms with Gasteiger partial charge >= 0.3 is 5.69 Å². The predicted octanol–water partition coefficient (Wildman–Crippen LogP) is 2.96. The average molecular weight is 306 g/mol. The zero-order chi connectivity index (χ0) is 15.7. The molecule has 0 amide bonds. The number of ether oxygens (including phenoxy) is 2. The summed E-state index contributed by atoms with van der Waals surface area (Å²) in [6.07, 6.45) is 3.99. The van der Waals surface area contributed by atoms with Crippen LogP contribution in [0.2, 0.25) is 0 Å². The second-order valence-corrected chi connectivity index (χ2v) is 6.02. The van der Waals surface area contributed by atoms with Gasteiger partial charge in [-0.15, -0.1) is 0 Å². The van der Waals surface area contributed by atoms with E-state index in [1.54, 1.807) is 12.1 Å². The van der Waals surface area contributed by atoms with Crippen molar-refractivity contribution in [1.29, 1.82) is 0 Å². The highest BCUT2D eigenvalue weighted by molar-refractivity contribution is 5.49. The molecule has 22 heavy (non-hydrogen) atoms. The van der Waals surface area contributed by atoms with Crippen LogP contribution in [0.5, 0.6) is 5.75 Å². The number of nitro groups is 1. The highest BCUT2D eigenvalue weighted by Gasteiger charge is 2.41. The lowest BCUT2D eigenvalue weighted by atomic mass is 9.94. The molecule has 3 rings (SSSR count). The van der Waals surface area contributed by atoms with Gasteiger partial charge in [-0.1, -0.05) is 6.07 Å². The first-order chi connectivity index (χ1) is 10.6. The molecule has 0 aliphatic carbocycles. The van der Waals surface area contributed by atoms with Gasteiger partial charge in [-0.3, -0.25) is 10.1 Å². The Balaban J connectivity index is 1.73. The molecule has 1 aromatic carbocycles. The normalized spacial score (nSPS) is 27.8. The maximum Gasteiger partial charge on any atom is 0.311 e. The van der Waals surface area contributed by atoms with Crippen LogP contribution < -0.4 is 10.1 Å². The minimum absolute atomic E-state index is 0.0252. The molecule has 2 heterocycles. The number of nitrogens with zero attached hydrogens (tertiary/aromatic N) is 1. The van der Waals surface area contributed by atoms with Crippen LogP contribution in [-0.2, 0) is 4.74 Å². The van der Waals surface area contributed by atoms with E-state index in [0.29, 0.717) is 30.6 Å². The second kappa shape index (κ2) is 6.22. The highest BCUT2D eigenvalue weighted by atomic mass is 16.6. The number of nitrogens with one attached hydrogen (secondary N) is 1. The molecule has 0 aromatic heterocycles. The van der Waals surface area contributed by atoms with Crippen molar-refractivity contribution in [2.45, 2.75) is 57.4 Å². The molecule has 6 heteroatoms. The van der Waals surface area contributed by atoms with Gasteiger partial charge in [0.15, 0.2) is 5.75 Å². The van der Waals surface area contributed by atoms with Crippen LogP contribution in [0.4, 0.5) is 5.69 Å². The standard InChI is InChI=1S/C16H22N2O4/c1-3-21-16-6-4-11(8-14(16)18(19)20)10(2)17-13-9-12-5-7-15(13)22-12/h4,6,8,10,12-13,15,17H,3,5,7,9H2,1-2H3/t10-,12+,13+,15+/m0/s1. The zero-order valence-electron chi connectivity index (χ0n) is 13.0. The molecule has 6 nitrogen and oxygen atoms in total. The lowest BCUT2D eigenvalue weighted by molar-refractivity contribution is -0.385. The van der Waals surface area contributed by atoms with E-state index in [1.807, 2.05) is 19.9 Å². The first-order valence-corrected chi connectivity index (χ1v) is 7.91. The molecule has 2 saturated heterocycles. The fourth-order valence-electron chi connectivity index (χ4n) is 3.45. The fraction of sp³-hybridized carbons (Fsp3) is 0.625. The van der Waals surface area contributed by atoms with Gasteiger partial charge in [0, 0.05) is 18.2 Å². The summed E-state index contributed by atoms with van der Waals surface area (Å²) in [5, 5.41) is 14.8. The summed E-state index contributed by atoms with van der Waals surface area (Å²) < 4.78 is 11.2. The van der Waals surface area contributed by atoms with E-state index in [-0.39, 0.29) is 16.7 Å². The van der Waals surface area contributed by atoms with Gasteiger partial charge in [0.1, 0.15) is 0 Å². The van der Waals surface area contributed by atoms with Crippen molar-refractivity contribution >= 4 is 5.69 Å². The summed E-state index contributed by atoms with van der Waals surface area (Å²) in [5.41, 5.74) is 0.926. The third-order valence-electron chi connectivity index (χ3n) is 4.55. The zero-order valence-corrected chi connectivity index (χ0v) is 13.0. The summed E-state index contributed by atoms with van der Waals surface area (Å²) in [6.45, 7) is 4.26. The highest BCUT2D eigenvalue weighted by Crippen LogP contribution is 2.36. The molecule has 0 radical (unpaired) electrons. The summed E-state index contributed by atoms with van der Waals surface area (Å²) in [4.78, 5) is 10.8. The van der Waals surface area contributed by atoms with E-state index >= 15 is 0 Å². The largest absolute Gasteiger partial charge is 0.487 e. The molecular formula is C16H22N2O4. The van der Waals surface area contributed by atoms with Crippen molar-refractivity contribution in [3.63, 3.8) is 0 Å². The Bertz CT molecular complexity index is 563. The molecule has 0 saturated carbocycles. The first-order valence-electron chi connectivity index (χ1n) is 7.91. The van der Waals surface area contributed by atoms with Crippen LogP contribution >= 0.6 is 0 Å². The molecule has 2 aliphatic rings. The molecular weight excluding hydrogens is 284 g/mol. The number of nitro benzene ring substituents is 1. The number of fused-ring (bicyclic) bond motifs is 2. The van der Waals surface area contributed by atoms with Gasteiger partial charge in [0.05, 0.1) is 23.7 Å². The number of hydrogen-bond acceptors (Lipinski definition) is 5. The van der Waals surface area contributed by atoms with Gasteiger partial charge in [-0.05, 0) is 44.7 Å². The molecule has 120 valence electrons. The number of benzene rings is 1. The molecule has 2 fully saturated rings. The summed E-state index contributed by atoms with van der Waals surface area (Å²) >= 11 is 0. The lowest BCUT2D eigenvalue weighted by Gasteiger charge is -2.25. The van der Waals surface area contributed by atoms with Crippen molar-refractivity contribution in [2.75, 3.05) is 6.61 Å². The predicted molar refractivity (Wildman–Crippen MR) is 82.1 cm³/mol. The Kier molecular flexibility index (Phi) is 4.31. The monoisotopic (exact) mass is 306 g/mol. The minimum atomic E-state index is -0.387. The Morgan fingerprint density at radius 3 is 2.91 bits per heavy atom. The average Bonchev–Trinajstić information content (AvgIpc) is 3.10. The quantitative estimate of drug-likeness (QED) is 0.646. The van der Waals surface area contributed by atoms with E-state index in [9.17, 15) is 10.1 Å². The van der Waals surface area contributed by atoms with E-state index < -0.39 is 0 Å². The lowest BCUT2D eigenvalue weighted by Crippen LogP contribution is -2.38. The van der Waals surface area contributed by atoms with E-state index in [1.165, 1.54) is 0 Å².